The Morgan fingerprint density at radius 3 is 2.86 bits per heavy atom. The molecule has 0 saturated carbocycles. The van der Waals surface area contributed by atoms with E-state index in [1.54, 1.807) is 12.4 Å². The fourth-order valence-corrected chi connectivity index (χ4v) is 2.63. The molecule has 1 aliphatic heterocycles. The summed E-state index contributed by atoms with van der Waals surface area (Å²) >= 11 is 0. The first-order chi connectivity index (χ1) is 6.67. The van der Waals surface area contributed by atoms with Crippen molar-refractivity contribution in [2.75, 3.05) is 13.3 Å². The Labute approximate surface area is 82.8 Å². The summed E-state index contributed by atoms with van der Waals surface area (Å²) in [6, 6.07) is 3.74. The van der Waals surface area contributed by atoms with Crippen LogP contribution in [0.15, 0.2) is 24.5 Å². The van der Waals surface area contributed by atoms with Crippen LogP contribution in [0.5, 0.6) is 0 Å². The van der Waals surface area contributed by atoms with E-state index in [1.165, 1.54) is 6.66 Å². The van der Waals surface area contributed by atoms with Crippen molar-refractivity contribution < 1.29 is 13.6 Å². The van der Waals surface area contributed by atoms with Crippen LogP contribution in [-0.2, 0) is 13.6 Å². The van der Waals surface area contributed by atoms with E-state index in [9.17, 15) is 4.57 Å². The first-order valence-electron chi connectivity index (χ1n) is 4.48. The smallest absolute Gasteiger partial charge is 0.309 e. The number of aromatic nitrogens is 1. The van der Waals surface area contributed by atoms with Gasteiger partial charge in [0, 0.05) is 25.5 Å². The van der Waals surface area contributed by atoms with Gasteiger partial charge in [-0.25, -0.2) is 0 Å². The Morgan fingerprint density at radius 1 is 1.50 bits per heavy atom. The zero-order valence-electron chi connectivity index (χ0n) is 7.92. The molecule has 0 radical (unpaired) electrons. The Bertz CT molecular complexity index is 354. The maximum Gasteiger partial charge on any atom is 0.328 e. The van der Waals surface area contributed by atoms with Crippen LogP contribution in [0.1, 0.15) is 18.1 Å². The van der Waals surface area contributed by atoms with Gasteiger partial charge in [-0.2, -0.15) is 0 Å². The lowest BCUT2D eigenvalue weighted by Crippen LogP contribution is -2.13. The first kappa shape index (κ1) is 9.84. The molecule has 1 saturated heterocycles. The van der Waals surface area contributed by atoms with E-state index in [0.717, 1.165) is 12.0 Å². The lowest BCUT2D eigenvalue weighted by atomic mass is 10.1. The van der Waals surface area contributed by atoms with Crippen LogP contribution >= 0.6 is 7.60 Å². The van der Waals surface area contributed by atoms with Gasteiger partial charge in [-0.15, -0.1) is 0 Å². The number of pyridine rings is 1. The highest BCUT2D eigenvalue weighted by atomic mass is 31.2. The van der Waals surface area contributed by atoms with Crippen molar-refractivity contribution in [2.45, 2.75) is 12.5 Å². The van der Waals surface area contributed by atoms with E-state index in [0.29, 0.717) is 6.61 Å². The molecule has 0 aromatic carbocycles. The number of rotatable bonds is 1. The summed E-state index contributed by atoms with van der Waals surface area (Å²) in [5.41, 5.74) is 1.00. The molecule has 1 unspecified atom stereocenters. The van der Waals surface area contributed by atoms with Gasteiger partial charge in [0.2, 0.25) is 0 Å². The first-order valence-corrected chi connectivity index (χ1v) is 6.47. The topological polar surface area (TPSA) is 48.4 Å². The second-order valence-corrected chi connectivity index (χ2v) is 5.28. The quantitative estimate of drug-likeness (QED) is 0.672. The third-order valence-corrected chi connectivity index (χ3v) is 3.39. The van der Waals surface area contributed by atoms with E-state index in [1.807, 2.05) is 12.1 Å². The molecule has 1 aromatic rings. The third-order valence-electron chi connectivity index (χ3n) is 2.10. The maximum atomic E-state index is 11.6. The van der Waals surface area contributed by atoms with Crippen LogP contribution in [0, 0.1) is 0 Å². The third kappa shape index (κ3) is 2.21. The summed E-state index contributed by atoms with van der Waals surface area (Å²) in [5, 5.41) is 0. The molecular formula is C9H12NO3P. The summed E-state index contributed by atoms with van der Waals surface area (Å²) in [6.45, 7) is 1.99. The van der Waals surface area contributed by atoms with Crippen molar-refractivity contribution in [3.8, 4) is 0 Å². The fourth-order valence-electron chi connectivity index (χ4n) is 1.45. The monoisotopic (exact) mass is 213 g/mol. The highest BCUT2D eigenvalue weighted by molar-refractivity contribution is 7.53. The molecule has 5 heteroatoms. The van der Waals surface area contributed by atoms with Gasteiger partial charge in [-0.3, -0.25) is 9.55 Å². The molecule has 2 atom stereocenters. The molecule has 1 aliphatic rings. The minimum atomic E-state index is -2.83. The molecule has 0 bridgehead atoms. The van der Waals surface area contributed by atoms with E-state index in [4.69, 9.17) is 9.05 Å². The lowest BCUT2D eigenvalue weighted by Gasteiger charge is -2.27. The maximum absolute atomic E-state index is 11.6. The van der Waals surface area contributed by atoms with E-state index in [-0.39, 0.29) is 6.10 Å². The Morgan fingerprint density at radius 2 is 2.21 bits per heavy atom. The van der Waals surface area contributed by atoms with Crippen molar-refractivity contribution in [2.24, 2.45) is 0 Å². The molecule has 0 N–H and O–H groups in total. The Hall–Kier alpha value is -0.700. The summed E-state index contributed by atoms with van der Waals surface area (Å²) in [4.78, 5) is 3.92. The highest BCUT2D eigenvalue weighted by Gasteiger charge is 2.29. The molecule has 2 rings (SSSR count). The van der Waals surface area contributed by atoms with Gasteiger partial charge in [-0.1, -0.05) is 0 Å². The number of hydrogen-bond donors (Lipinski definition) is 0. The van der Waals surface area contributed by atoms with Gasteiger partial charge in [-0.05, 0) is 17.7 Å². The zero-order chi connectivity index (χ0) is 10.0. The van der Waals surface area contributed by atoms with Crippen LogP contribution in [-0.4, -0.2) is 18.3 Å². The minimum Gasteiger partial charge on any atom is -0.309 e. The van der Waals surface area contributed by atoms with Crippen molar-refractivity contribution in [1.82, 2.24) is 4.98 Å². The second kappa shape index (κ2) is 3.81. The molecule has 14 heavy (non-hydrogen) atoms. The van der Waals surface area contributed by atoms with Crippen molar-refractivity contribution in [1.29, 1.82) is 0 Å². The van der Waals surface area contributed by atoms with Crippen molar-refractivity contribution in [3.05, 3.63) is 30.1 Å². The Balaban J connectivity index is 2.16. The number of hydrogen-bond acceptors (Lipinski definition) is 4. The fraction of sp³-hybridized carbons (Fsp3) is 0.444. The summed E-state index contributed by atoms with van der Waals surface area (Å²) in [7, 11) is -2.83. The van der Waals surface area contributed by atoms with Crippen LogP contribution in [0.3, 0.4) is 0 Å². The molecule has 4 nitrogen and oxygen atoms in total. The molecule has 0 amide bonds. The Kier molecular flexibility index (Phi) is 2.68. The summed E-state index contributed by atoms with van der Waals surface area (Å²) in [5.74, 6) is 0. The molecule has 0 aliphatic carbocycles. The van der Waals surface area contributed by atoms with E-state index in [2.05, 4.69) is 4.98 Å². The van der Waals surface area contributed by atoms with Gasteiger partial charge < -0.3 is 9.05 Å². The van der Waals surface area contributed by atoms with Crippen LogP contribution in [0.2, 0.25) is 0 Å². The van der Waals surface area contributed by atoms with E-state index < -0.39 is 7.60 Å². The summed E-state index contributed by atoms with van der Waals surface area (Å²) in [6.07, 6.45) is 4.02. The van der Waals surface area contributed by atoms with Crippen LogP contribution < -0.4 is 0 Å². The second-order valence-electron chi connectivity index (χ2n) is 3.27. The molecule has 0 spiro atoms. The predicted molar refractivity (Wildman–Crippen MR) is 52.2 cm³/mol. The highest BCUT2D eigenvalue weighted by Crippen LogP contribution is 2.52. The van der Waals surface area contributed by atoms with Gasteiger partial charge in [0.05, 0.1) is 12.7 Å². The van der Waals surface area contributed by atoms with Crippen LogP contribution in [0.25, 0.3) is 0 Å². The summed E-state index contributed by atoms with van der Waals surface area (Å²) < 4.78 is 22.0. The largest absolute Gasteiger partial charge is 0.328 e. The minimum absolute atomic E-state index is 0.123. The lowest BCUT2D eigenvalue weighted by molar-refractivity contribution is 0.0844. The van der Waals surface area contributed by atoms with E-state index >= 15 is 0 Å². The predicted octanol–water partition coefficient (Wildman–Crippen LogP) is 2.38. The van der Waals surface area contributed by atoms with Gasteiger partial charge >= 0.3 is 7.60 Å². The van der Waals surface area contributed by atoms with Gasteiger partial charge in [0.15, 0.2) is 0 Å². The molecule has 76 valence electrons. The molecule has 2 heterocycles. The zero-order valence-corrected chi connectivity index (χ0v) is 8.81. The van der Waals surface area contributed by atoms with Gasteiger partial charge in [0.1, 0.15) is 0 Å². The molecule has 1 aromatic heterocycles. The average Bonchev–Trinajstić information content (AvgIpc) is 2.18. The van der Waals surface area contributed by atoms with Crippen LogP contribution in [0.4, 0.5) is 0 Å². The van der Waals surface area contributed by atoms with Crippen molar-refractivity contribution >= 4 is 7.60 Å². The average molecular weight is 213 g/mol. The molecular weight excluding hydrogens is 201 g/mol. The normalized spacial score (nSPS) is 32.8. The molecule has 1 fully saturated rings. The van der Waals surface area contributed by atoms with Gasteiger partial charge in [0.25, 0.3) is 0 Å². The SMILES string of the molecule is CP1(=O)OCC[C@@H](c2ccncc2)O1. The number of nitrogens with zero attached hydrogens (tertiary/aromatic N) is 1. The standard InChI is InChI=1S/C9H12NO3P/c1-14(11)12-7-4-9(13-14)8-2-5-10-6-3-8/h2-3,5-6,9H,4,7H2,1H3/t9-,14?/m0/s1. The van der Waals surface area contributed by atoms with Crippen molar-refractivity contribution in [3.63, 3.8) is 0 Å².